The van der Waals surface area contributed by atoms with Gasteiger partial charge in [-0.15, -0.1) is 11.3 Å². The van der Waals surface area contributed by atoms with Gasteiger partial charge in [-0.3, -0.25) is 4.79 Å². The Balaban J connectivity index is 1.95. The van der Waals surface area contributed by atoms with Crippen molar-refractivity contribution in [3.63, 3.8) is 0 Å². The zero-order valence-corrected chi connectivity index (χ0v) is 14.9. The highest BCUT2D eigenvalue weighted by molar-refractivity contribution is 7.16. The monoisotopic (exact) mass is 385 g/mol. The van der Waals surface area contributed by atoms with Crippen LogP contribution in [0.4, 0.5) is 13.2 Å². The number of fused-ring (bicyclic) bond motifs is 1. The van der Waals surface area contributed by atoms with Crippen LogP contribution in [-0.4, -0.2) is 23.5 Å². The van der Waals surface area contributed by atoms with Gasteiger partial charge >= 0.3 is 6.18 Å². The van der Waals surface area contributed by atoms with Crippen LogP contribution in [0.1, 0.15) is 27.5 Å². The van der Waals surface area contributed by atoms with Crippen molar-refractivity contribution in [2.45, 2.75) is 25.6 Å². The Morgan fingerprint density at radius 1 is 1.32 bits per heavy atom. The third-order valence-corrected chi connectivity index (χ3v) is 5.48. The molecule has 0 N–H and O–H groups in total. The van der Waals surface area contributed by atoms with E-state index in [-0.39, 0.29) is 18.5 Å². The second-order valence-electron chi connectivity index (χ2n) is 5.93. The summed E-state index contributed by atoms with van der Waals surface area (Å²) >= 11 is 7.51. The van der Waals surface area contributed by atoms with E-state index < -0.39 is 12.1 Å². The van der Waals surface area contributed by atoms with Gasteiger partial charge in [0.1, 0.15) is 0 Å². The van der Waals surface area contributed by atoms with Gasteiger partial charge in [0.2, 0.25) is 5.91 Å². The standard InChI is InChI=1S/C18H15ClF3NOS/c1-11-4-2-3-5-12(11)14-9-23(17(24)6-7-18(20,21)22)10-15-13(14)8-16(19)25-15/h2-8,14H,9-10H2,1H3/b7-6+. The summed E-state index contributed by atoms with van der Waals surface area (Å²) in [5, 5.41) is 0. The normalized spacial score (nSPS) is 17.8. The lowest BCUT2D eigenvalue weighted by Crippen LogP contribution is -2.37. The summed E-state index contributed by atoms with van der Waals surface area (Å²) in [6.45, 7) is 2.58. The third-order valence-electron chi connectivity index (χ3n) is 4.21. The van der Waals surface area contributed by atoms with Gasteiger partial charge in [-0.2, -0.15) is 13.2 Å². The van der Waals surface area contributed by atoms with Crippen molar-refractivity contribution in [1.82, 2.24) is 4.90 Å². The first kappa shape index (κ1) is 18.0. The van der Waals surface area contributed by atoms with Gasteiger partial charge in [0.25, 0.3) is 0 Å². The van der Waals surface area contributed by atoms with Gasteiger partial charge in [-0.1, -0.05) is 35.9 Å². The largest absolute Gasteiger partial charge is 0.409 e. The molecular formula is C18H15ClF3NOS. The molecule has 2 nitrogen and oxygen atoms in total. The lowest BCUT2D eigenvalue weighted by atomic mass is 9.86. The molecule has 1 aromatic carbocycles. The predicted molar refractivity (Wildman–Crippen MR) is 93.0 cm³/mol. The van der Waals surface area contributed by atoms with Crippen LogP contribution < -0.4 is 0 Å². The highest BCUT2D eigenvalue weighted by Gasteiger charge is 2.32. The van der Waals surface area contributed by atoms with E-state index in [0.29, 0.717) is 17.0 Å². The molecule has 2 aromatic rings. The number of hydrogen-bond acceptors (Lipinski definition) is 2. The first-order valence-corrected chi connectivity index (χ1v) is 8.82. The average molecular weight is 386 g/mol. The smallest absolute Gasteiger partial charge is 0.333 e. The second-order valence-corrected chi connectivity index (χ2v) is 7.70. The average Bonchev–Trinajstić information content (AvgIpc) is 2.91. The molecule has 1 unspecified atom stereocenters. The number of thiophene rings is 1. The van der Waals surface area contributed by atoms with Crippen LogP contribution >= 0.6 is 22.9 Å². The first-order chi connectivity index (χ1) is 11.7. The van der Waals surface area contributed by atoms with Crippen molar-refractivity contribution in [2.75, 3.05) is 6.54 Å². The molecular weight excluding hydrogens is 371 g/mol. The van der Waals surface area contributed by atoms with Crippen LogP contribution in [0.2, 0.25) is 4.34 Å². The molecule has 0 bridgehead atoms. The maximum atomic E-state index is 12.3. The molecule has 0 saturated heterocycles. The molecule has 1 aliphatic rings. The molecule has 0 saturated carbocycles. The zero-order valence-electron chi connectivity index (χ0n) is 13.3. The first-order valence-electron chi connectivity index (χ1n) is 7.63. The molecule has 25 heavy (non-hydrogen) atoms. The molecule has 1 amide bonds. The molecule has 1 aliphatic heterocycles. The summed E-state index contributed by atoms with van der Waals surface area (Å²) in [4.78, 5) is 14.6. The Morgan fingerprint density at radius 3 is 2.72 bits per heavy atom. The summed E-state index contributed by atoms with van der Waals surface area (Å²) in [5.74, 6) is -0.747. The Morgan fingerprint density at radius 2 is 2.04 bits per heavy atom. The van der Waals surface area contributed by atoms with Crippen LogP contribution in [0.15, 0.2) is 42.5 Å². The van der Waals surface area contributed by atoms with E-state index in [2.05, 4.69) is 0 Å². The number of halogens is 4. The van der Waals surface area contributed by atoms with Crippen molar-refractivity contribution in [2.24, 2.45) is 0 Å². The zero-order chi connectivity index (χ0) is 18.2. The summed E-state index contributed by atoms with van der Waals surface area (Å²) < 4.78 is 37.7. The number of alkyl halides is 3. The van der Waals surface area contributed by atoms with Crippen LogP contribution in [0, 0.1) is 6.92 Å². The van der Waals surface area contributed by atoms with Gasteiger partial charge < -0.3 is 4.90 Å². The minimum absolute atomic E-state index is 0.0188. The predicted octanol–water partition coefficient (Wildman–Crippen LogP) is 5.30. The van der Waals surface area contributed by atoms with Gasteiger partial charge in [0.05, 0.1) is 10.9 Å². The molecule has 132 valence electrons. The summed E-state index contributed by atoms with van der Waals surface area (Å²) in [5.41, 5.74) is 3.17. The number of hydrogen-bond donors (Lipinski definition) is 0. The fourth-order valence-electron chi connectivity index (χ4n) is 3.07. The number of nitrogens with zero attached hydrogens (tertiary/aromatic N) is 1. The second kappa shape index (κ2) is 6.84. The highest BCUT2D eigenvalue weighted by Crippen LogP contribution is 2.41. The van der Waals surface area contributed by atoms with Crippen molar-refractivity contribution in [1.29, 1.82) is 0 Å². The molecule has 1 atom stereocenters. The summed E-state index contributed by atoms with van der Waals surface area (Å²) in [7, 11) is 0. The van der Waals surface area contributed by atoms with Gasteiger partial charge in [0, 0.05) is 29.5 Å². The molecule has 2 heterocycles. The van der Waals surface area contributed by atoms with Gasteiger partial charge in [-0.25, -0.2) is 0 Å². The Kier molecular flexibility index (Phi) is 4.93. The van der Waals surface area contributed by atoms with Gasteiger partial charge in [0.15, 0.2) is 0 Å². The number of rotatable bonds is 2. The number of allylic oxidation sites excluding steroid dienone is 1. The van der Waals surface area contributed by atoms with E-state index in [9.17, 15) is 18.0 Å². The quantitative estimate of drug-likeness (QED) is 0.642. The van der Waals surface area contributed by atoms with E-state index in [1.54, 1.807) is 0 Å². The molecule has 0 aliphatic carbocycles. The molecule has 0 spiro atoms. The van der Waals surface area contributed by atoms with E-state index in [4.69, 9.17) is 11.6 Å². The molecule has 0 radical (unpaired) electrons. The van der Waals surface area contributed by atoms with E-state index >= 15 is 0 Å². The summed E-state index contributed by atoms with van der Waals surface area (Å²) in [6, 6.07) is 9.70. The summed E-state index contributed by atoms with van der Waals surface area (Å²) in [6.07, 6.45) is -3.93. The lowest BCUT2D eigenvalue weighted by Gasteiger charge is -2.33. The number of aryl methyl sites for hydroxylation is 1. The van der Waals surface area contributed by atoms with E-state index in [1.165, 1.54) is 16.2 Å². The molecule has 3 rings (SSSR count). The van der Waals surface area contributed by atoms with Crippen LogP contribution in [0.5, 0.6) is 0 Å². The number of benzene rings is 1. The minimum Gasteiger partial charge on any atom is -0.333 e. The Bertz CT molecular complexity index is 828. The molecule has 7 heteroatoms. The number of carbonyl (C=O) groups is 1. The number of amides is 1. The van der Waals surface area contributed by atoms with E-state index in [1.807, 2.05) is 37.3 Å². The van der Waals surface area contributed by atoms with Crippen molar-refractivity contribution in [3.8, 4) is 0 Å². The van der Waals surface area contributed by atoms with Crippen molar-refractivity contribution >= 4 is 28.8 Å². The van der Waals surface area contributed by atoms with Gasteiger partial charge in [-0.05, 0) is 29.7 Å². The molecule has 1 aromatic heterocycles. The third kappa shape index (κ3) is 4.07. The van der Waals surface area contributed by atoms with E-state index in [0.717, 1.165) is 21.6 Å². The van der Waals surface area contributed by atoms with Crippen LogP contribution in [0.3, 0.4) is 0 Å². The number of carbonyl (C=O) groups excluding carboxylic acids is 1. The Hall–Kier alpha value is -1.79. The highest BCUT2D eigenvalue weighted by atomic mass is 35.5. The topological polar surface area (TPSA) is 20.3 Å². The minimum atomic E-state index is -4.50. The SMILES string of the molecule is Cc1ccccc1C1CN(C(=O)/C=C/C(F)(F)F)Cc2sc(Cl)cc21. The maximum Gasteiger partial charge on any atom is 0.409 e. The van der Waals surface area contributed by atoms with Crippen molar-refractivity contribution < 1.29 is 18.0 Å². The fraction of sp³-hybridized carbons (Fsp3) is 0.278. The van der Waals surface area contributed by atoms with Crippen LogP contribution in [-0.2, 0) is 11.3 Å². The fourth-order valence-corrected chi connectivity index (χ4v) is 4.42. The lowest BCUT2D eigenvalue weighted by molar-refractivity contribution is -0.127. The van der Waals surface area contributed by atoms with Crippen molar-refractivity contribution in [3.05, 3.63) is 68.4 Å². The molecule has 0 fully saturated rings. The van der Waals surface area contributed by atoms with Crippen LogP contribution in [0.25, 0.3) is 0 Å². The Labute approximate surface area is 152 Å². The maximum absolute atomic E-state index is 12.3.